The molecule has 0 bridgehead atoms. The van der Waals surface area contributed by atoms with Gasteiger partial charge in [-0.1, -0.05) is 0 Å². The molecule has 0 N–H and O–H groups in total. The Morgan fingerprint density at radius 1 is 0.341 bits per heavy atom. The van der Waals surface area contributed by atoms with Gasteiger partial charge >= 0.3 is 63.1 Å². The van der Waals surface area contributed by atoms with Gasteiger partial charge in [-0.05, 0) is 26.0 Å². The summed E-state index contributed by atoms with van der Waals surface area (Å²) < 4.78 is 2.83. The zero-order valence-electron chi connectivity index (χ0n) is 20.4. The summed E-state index contributed by atoms with van der Waals surface area (Å²) in [5.74, 6) is 0. The molecule has 0 nitrogen and oxygen atoms in total. The van der Waals surface area contributed by atoms with Crippen LogP contribution in [0, 0.1) is 13.8 Å². The molecule has 0 atom stereocenters. The summed E-state index contributed by atoms with van der Waals surface area (Å²) in [5, 5.41) is 0. The van der Waals surface area contributed by atoms with Crippen LogP contribution in [-0.2, 0) is 726 Å². The van der Waals surface area contributed by atoms with Crippen molar-refractivity contribution in [2.45, 2.75) is 20.8 Å². The van der Waals surface area contributed by atoms with Crippen LogP contribution < -0.4 is 0 Å². The van der Waals surface area contributed by atoms with E-state index in [2.05, 4.69) is 30.4 Å². The summed E-state index contributed by atoms with van der Waals surface area (Å²) >= 11 is 6.60. The third kappa shape index (κ3) is 257. The maximum atomic E-state index is 2.83. The molecule has 36 heteroatoms. The van der Waals surface area contributed by atoms with Crippen LogP contribution in [0.5, 0.6) is 0 Å². The van der Waals surface area contributed by atoms with Crippen LogP contribution in [0.15, 0.2) is 12.1 Å². The normalized spacial score (nSPS) is 1.89. The van der Waals surface area contributed by atoms with Crippen molar-refractivity contribution >= 4 is 15.7 Å². The zero-order chi connectivity index (χ0) is 9.98. The molecule has 0 aliphatic heterocycles. The van der Waals surface area contributed by atoms with Crippen molar-refractivity contribution in [3.63, 3.8) is 0 Å². The minimum atomic E-state index is 0. The minimum absolute atomic E-state index is 0. The Hall–Kier alpha value is 23.7. The van der Waals surface area contributed by atoms with E-state index in [9.17, 15) is 0 Å². The second kappa shape index (κ2) is 254. The van der Waals surface area contributed by atoms with E-state index >= 15 is 0 Å². The van der Waals surface area contributed by atoms with E-state index in [1.165, 1.54) is 29.1 Å². The van der Waals surface area contributed by atoms with Gasteiger partial charge in [-0.25, -0.2) is 0 Å². The van der Waals surface area contributed by atoms with Gasteiger partial charge in [0.2, 0.25) is 0 Å². The van der Waals surface area contributed by atoms with Gasteiger partial charge in [-0.2, -0.15) is 0 Å². The topological polar surface area (TPSA) is 0 Å². The fourth-order valence-corrected chi connectivity index (χ4v) is 1.34. The van der Waals surface area contributed by atoms with Gasteiger partial charge in [0, 0.05) is 684 Å². The first-order valence-electron chi connectivity index (χ1n) is 3.19. The quantitative estimate of drug-likeness (QED) is 0.351. The molecule has 1 heterocycles. The van der Waals surface area contributed by atoms with Crippen LogP contribution in [0.25, 0.3) is 0 Å². The van der Waals surface area contributed by atoms with Crippen molar-refractivity contribution in [3.8, 4) is 0 Å². The molecule has 0 saturated heterocycles. The molecule has 0 aliphatic carbocycles. The fraction of sp³-hybridized carbons (Fsp3) is 0.375. The molecule has 0 aliphatic rings. The third-order valence-corrected chi connectivity index (χ3v) is 1.79. The van der Waals surface area contributed by atoms with Crippen molar-refractivity contribution in [3.05, 3.63) is 21.9 Å². The summed E-state index contributed by atoms with van der Waals surface area (Å²) in [6.45, 7) is 6.16. The van der Waals surface area contributed by atoms with Gasteiger partial charge in [-0.15, -0.1) is 11.3 Å². The van der Waals surface area contributed by atoms with Crippen molar-refractivity contribution in [1.82, 2.24) is 0 Å². The molecular weight excluding hydrogens is 6560 g/mol. The summed E-state index contributed by atoms with van der Waals surface area (Å²) in [6, 6.07) is 4.28. The van der Waals surface area contributed by atoms with Crippen molar-refractivity contribution in [2.24, 2.45) is 0 Å². The Morgan fingerprint density at radius 3 is 0.432 bits per heavy atom. The van der Waals surface area contributed by atoms with Gasteiger partial charge in [0.15, 0.2) is 0 Å². The van der Waals surface area contributed by atoms with E-state index in [0.29, 0.717) is 0 Å². The molecule has 1 aromatic rings. The summed E-state index contributed by atoms with van der Waals surface area (Å²) in [5.41, 5.74) is 0. The molecule has 0 fully saturated rings. The van der Waals surface area contributed by atoms with Gasteiger partial charge in [0.1, 0.15) is 0 Å². The second-order valence-corrected chi connectivity index (χ2v) is 4.82. The van der Waals surface area contributed by atoms with Crippen LogP contribution in [-0.4, -0.2) is 4.40 Å². The third-order valence-electron chi connectivity index (χ3n) is 0.875. The molecule has 1 rings (SSSR count). The maximum absolute atomic E-state index is 2.83. The molecule has 0 spiro atoms. The first kappa shape index (κ1) is 265. The van der Waals surface area contributed by atoms with Gasteiger partial charge in [-0.3, -0.25) is 0 Å². The standard InChI is InChI=1S/C6H8S.C2H3.35W/c1-5-3-4-6(2)7-5;1-2;;;;;;;;;;;;;;;;;;;;;;;;;;;;;;;;;;;/h3-4H,1-2H3;1H3;;;;;;;;;;;;;;;;;;;;;;;;;;;;;;;;;;;/q;-1;;;;;;;;;;;;;;;;;;;;;;;;;;;;;;;;;;;. The van der Waals surface area contributed by atoms with Crippen LogP contribution >= 0.6 is 11.3 Å². The number of rotatable bonds is 0. The predicted octanol–water partition coefficient (Wildman–Crippen LogP) is 2.51. The molecule has 1 aromatic heterocycles. The van der Waals surface area contributed by atoms with E-state index in [1.807, 2.05) is 18.3 Å². The van der Waals surface area contributed by atoms with Gasteiger partial charge < -0.3 is 0 Å². The van der Waals surface area contributed by atoms with Crippen LogP contribution in [0.3, 0.4) is 0 Å². The average molecular weight is 6570 g/mol. The van der Waals surface area contributed by atoms with E-state index < -0.39 is 0 Å². The van der Waals surface area contributed by atoms with E-state index in [1.54, 1.807) is 32.4 Å². The average Bonchev–Trinajstić information content (AvgIpc) is 2.40. The molecule has 260 valence electrons. The number of hydrogen-bond donors (Lipinski definition) is 0. The molecular formula is C8H11SW35-. The number of hydrogen-bond acceptors (Lipinski definition) is 1. The Kier molecular flexibility index (Phi) is 1530. The summed E-state index contributed by atoms with van der Waals surface area (Å²) in [7, 11) is 0. The van der Waals surface area contributed by atoms with Gasteiger partial charge in [0.05, 0.1) is 0 Å². The van der Waals surface area contributed by atoms with Crippen LogP contribution in [0.1, 0.15) is 16.7 Å². The molecule has 0 saturated carbocycles. The molecule has 44 heavy (non-hydrogen) atoms. The van der Waals surface area contributed by atoms with E-state index in [-0.39, 0.29) is 674 Å². The van der Waals surface area contributed by atoms with Crippen LogP contribution in [0.4, 0.5) is 0 Å². The zero-order valence-corrected chi connectivity index (χ0v) is 124. The molecule has 0 unspecified atom stereocenters. The Bertz CT molecular complexity index is 214. The Balaban J connectivity index is -0.000000000818. The molecule has 0 amide bonds. The van der Waals surface area contributed by atoms with Crippen molar-refractivity contribution in [2.75, 3.05) is 0 Å². The number of aryl methyl sites for hydroxylation is 2. The van der Waals surface area contributed by atoms with Crippen LogP contribution in [0.2, 0.25) is 0 Å². The Labute approximate surface area is 761 Å². The fourth-order valence-electron chi connectivity index (χ4n) is 0.557. The summed E-state index contributed by atoms with van der Waals surface area (Å²) in [4.78, 5) is 2.80. The second-order valence-electron chi connectivity index (χ2n) is 1.86. The van der Waals surface area contributed by atoms with Crippen molar-refractivity contribution in [1.29, 1.82) is 0 Å². The monoisotopic (exact) mass is 6580 g/mol. The van der Waals surface area contributed by atoms with E-state index in [4.69, 9.17) is 0 Å². The SMILES string of the molecule is C[C-]=[W].Cc1ccc(C)s1.[W].[W].[W].[W].[W].[W].[W].[W].[W].[W].[W].[W].[W].[W].[W].[W].[W].[W].[W].[W].[W].[W].[W].[W].[W].[W].[W].[W].[W].[W].[W].[W].[W]=[W]. The first-order valence-corrected chi connectivity index (χ1v) is 16.5. The molecule has 0 radical (unpaired) electrons. The predicted molar refractivity (Wildman–Crippen MR) is 44.5 cm³/mol. The first-order chi connectivity index (χ1) is 5.70. The van der Waals surface area contributed by atoms with E-state index in [0.717, 1.165) is 0 Å². The molecule has 0 aromatic carbocycles. The summed E-state index contributed by atoms with van der Waals surface area (Å²) in [6.07, 6.45) is 0. The number of thiophene rings is 1. The van der Waals surface area contributed by atoms with Gasteiger partial charge in [0.25, 0.3) is 0 Å². The Morgan fingerprint density at radius 2 is 0.409 bits per heavy atom. The van der Waals surface area contributed by atoms with Crippen molar-refractivity contribution < 1.29 is 726 Å².